The quantitative estimate of drug-likeness (QED) is 0.225. The Balaban J connectivity index is 1.96. The van der Waals surface area contributed by atoms with Gasteiger partial charge in [-0.1, -0.05) is 54.2 Å². The molecule has 2 aliphatic rings. The Labute approximate surface area is 232 Å². The summed E-state index contributed by atoms with van der Waals surface area (Å²) in [5, 5.41) is 5.04. The summed E-state index contributed by atoms with van der Waals surface area (Å²) in [5.41, 5.74) is 21.1. The highest BCUT2D eigenvalue weighted by atomic mass is 32.2. The summed E-state index contributed by atoms with van der Waals surface area (Å²) in [6.45, 7) is 23.4. The molecule has 0 aromatic heterocycles. The lowest BCUT2D eigenvalue weighted by atomic mass is 9.62. The first-order chi connectivity index (χ1) is 18.0. The van der Waals surface area contributed by atoms with Crippen LogP contribution in [0.25, 0.3) is 21.9 Å². The molecular weight excluding hydrogens is 476 g/mol. The molecule has 1 aliphatic carbocycles. The zero-order chi connectivity index (χ0) is 27.3. The van der Waals surface area contributed by atoms with Crippen LogP contribution >= 0.6 is 11.8 Å². The lowest BCUT2D eigenvalue weighted by molar-refractivity contribution is 0.736. The number of fused-ring (bicyclic) bond motifs is 8. The van der Waals surface area contributed by atoms with Gasteiger partial charge in [0.15, 0.2) is 0 Å². The van der Waals surface area contributed by atoms with Crippen LogP contribution in [0.2, 0.25) is 0 Å². The van der Waals surface area contributed by atoms with Gasteiger partial charge in [0.1, 0.15) is 0 Å². The predicted molar refractivity (Wildman–Crippen MR) is 168 cm³/mol. The number of benzene rings is 4. The van der Waals surface area contributed by atoms with E-state index in [1.807, 2.05) is 11.8 Å². The summed E-state index contributed by atoms with van der Waals surface area (Å²) in [7, 11) is 0. The highest BCUT2D eigenvalue weighted by molar-refractivity contribution is 8.02. The first-order valence-corrected chi connectivity index (χ1v) is 14.7. The minimum Gasteiger partial charge on any atom is -0.0974 e. The maximum Gasteiger partial charge on any atom is 0.0668 e. The Hall–Kier alpha value is -3.03. The van der Waals surface area contributed by atoms with Crippen molar-refractivity contribution >= 4 is 33.7 Å². The first kappa shape index (κ1) is 25.3. The predicted octanol–water partition coefficient (Wildman–Crippen LogP) is 10.5. The fourth-order valence-corrected chi connectivity index (χ4v) is 8.54. The lowest BCUT2D eigenvalue weighted by Crippen LogP contribution is -2.34. The minimum absolute atomic E-state index is 0.366. The third-order valence-electron chi connectivity index (χ3n) is 10.3. The molecule has 4 aromatic carbocycles. The van der Waals surface area contributed by atoms with Gasteiger partial charge in [0, 0.05) is 4.90 Å². The molecule has 1 heteroatoms. The summed E-state index contributed by atoms with van der Waals surface area (Å²) in [5.74, 6) is 0. The monoisotopic (exact) mass is 514 g/mol. The van der Waals surface area contributed by atoms with Gasteiger partial charge in [-0.05, 0) is 169 Å². The molecule has 0 unspecified atom stereocenters. The van der Waals surface area contributed by atoms with Crippen LogP contribution in [0.15, 0.2) is 52.8 Å². The van der Waals surface area contributed by atoms with Crippen molar-refractivity contribution in [1.82, 2.24) is 0 Å². The normalized spacial score (nSPS) is 15.5. The topological polar surface area (TPSA) is 0 Å². The van der Waals surface area contributed by atoms with Crippen molar-refractivity contribution in [2.45, 2.75) is 79.5 Å². The molecule has 38 heavy (non-hydrogen) atoms. The van der Waals surface area contributed by atoms with Crippen molar-refractivity contribution in [2.75, 3.05) is 0 Å². The summed E-state index contributed by atoms with van der Waals surface area (Å²) in [4.78, 5) is 1.39. The second-order valence-corrected chi connectivity index (χ2v) is 12.6. The highest BCUT2D eigenvalue weighted by Crippen LogP contribution is 2.58. The molecule has 6 rings (SSSR count). The molecule has 1 spiro atoms. The molecule has 0 N–H and O–H groups in total. The van der Waals surface area contributed by atoms with E-state index in [1.54, 1.807) is 0 Å². The molecule has 0 nitrogen and oxygen atoms in total. The lowest BCUT2D eigenvalue weighted by Gasteiger charge is -2.42. The van der Waals surface area contributed by atoms with E-state index in [4.69, 9.17) is 0 Å². The first-order valence-electron chi connectivity index (χ1n) is 13.8. The average Bonchev–Trinajstić information content (AvgIpc) is 3.00. The summed E-state index contributed by atoms with van der Waals surface area (Å²) >= 11 is 1.88. The number of rotatable bonds is 0. The second kappa shape index (κ2) is 8.48. The summed E-state index contributed by atoms with van der Waals surface area (Å²) in [6, 6.07) is 13.7. The molecule has 4 aromatic rings. The SMILES string of the molecule is CC1=C(C)c2c(C)c(C)c(C)c(C)c2C2(C=CSc3c2ccc2ccccc32)c2c(C)c(C)c(C)c(C)c21. The molecule has 0 fully saturated rings. The van der Waals surface area contributed by atoms with Gasteiger partial charge in [0.25, 0.3) is 0 Å². The highest BCUT2D eigenvalue weighted by Gasteiger charge is 2.46. The van der Waals surface area contributed by atoms with Gasteiger partial charge < -0.3 is 0 Å². The van der Waals surface area contributed by atoms with Crippen LogP contribution in [-0.4, -0.2) is 0 Å². The van der Waals surface area contributed by atoms with E-state index in [9.17, 15) is 0 Å². The van der Waals surface area contributed by atoms with E-state index in [1.165, 1.54) is 99.1 Å². The van der Waals surface area contributed by atoms with E-state index < -0.39 is 0 Å². The number of hydrogen-bond acceptors (Lipinski definition) is 1. The van der Waals surface area contributed by atoms with Gasteiger partial charge >= 0.3 is 0 Å². The number of hydrogen-bond donors (Lipinski definition) is 0. The van der Waals surface area contributed by atoms with Crippen molar-refractivity contribution in [3.8, 4) is 0 Å². The molecule has 0 atom stereocenters. The molecule has 0 saturated carbocycles. The standard InChI is InChI=1S/C37H38S/c1-19-21(3)27(9)34-32(23(19)5)25(7)26(8)33-24(6)20(2)22(4)28(10)35(33)37(34)17-18-38-36-30-14-12-11-13-29(30)15-16-31(36)37/h11-18H,1-10H3. The molecule has 0 radical (unpaired) electrons. The Morgan fingerprint density at radius 3 is 1.58 bits per heavy atom. The maximum atomic E-state index is 2.54. The molecule has 192 valence electrons. The third-order valence-corrected chi connectivity index (χ3v) is 11.2. The molecule has 0 bridgehead atoms. The second-order valence-electron chi connectivity index (χ2n) is 11.6. The van der Waals surface area contributed by atoms with Crippen LogP contribution < -0.4 is 0 Å². The van der Waals surface area contributed by atoms with Crippen molar-refractivity contribution in [2.24, 2.45) is 0 Å². The maximum absolute atomic E-state index is 2.54. The van der Waals surface area contributed by atoms with Gasteiger partial charge in [-0.3, -0.25) is 0 Å². The molecular formula is C37H38S. The molecule has 0 amide bonds. The van der Waals surface area contributed by atoms with Crippen molar-refractivity contribution < 1.29 is 0 Å². The van der Waals surface area contributed by atoms with Crippen LogP contribution in [-0.2, 0) is 5.41 Å². The third kappa shape index (κ3) is 3.00. The largest absolute Gasteiger partial charge is 0.0974 e. The van der Waals surface area contributed by atoms with E-state index in [0.29, 0.717) is 0 Å². The van der Waals surface area contributed by atoms with Gasteiger partial charge in [-0.2, -0.15) is 0 Å². The van der Waals surface area contributed by atoms with Crippen molar-refractivity contribution in [1.29, 1.82) is 0 Å². The van der Waals surface area contributed by atoms with Gasteiger partial charge in [0.2, 0.25) is 0 Å². The van der Waals surface area contributed by atoms with E-state index in [2.05, 4.69) is 117 Å². The Bertz CT molecular complexity index is 1690. The van der Waals surface area contributed by atoms with Crippen molar-refractivity contribution in [3.05, 3.63) is 120 Å². The Morgan fingerprint density at radius 1 is 0.526 bits per heavy atom. The summed E-state index contributed by atoms with van der Waals surface area (Å²) in [6.07, 6.45) is 2.54. The fourth-order valence-electron chi connectivity index (χ4n) is 7.46. The van der Waals surface area contributed by atoms with Crippen LogP contribution in [0, 0.1) is 55.4 Å². The molecule has 0 saturated heterocycles. The van der Waals surface area contributed by atoms with Crippen molar-refractivity contribution in [3.63, 3.8) is 0 Å². The minimum atomic E-state index is -0.366. The zero-order valence-corrected chi connectivity index (χ0v) is 25.3. The summed E-state index contributed by atoms with van der Waals surface area (Å²) < 4.78 is 0. The van der Waals surface area contributed by atoms with Gasteiger partial charge in [0.05, 0.1) is 5.41 Å². The molecule has 1 heterocycles. The van der Waals surface area contributed by atoms with Crippen LogP contribution in [0.4, 0.5) is 0 Å². The van der Waals surface area contributed by atoms with Crippen LogP contribution in [0.3, 0.4) is 0 Å². The van der Waals surface area contributed by atoms with Crippen LogP contribution in [0.5, 0.6) is 0 Å². The zero-order valence-electron chi connectivity index (χ0n) is 24.5. The van der Waals surface area contributed by atoms with Gasteiger partial charge in [-0.15, -0.1) is 0 Å². The number of thioether (sulfide) groups is 1. The molecule has 1 aliphatic heterocycles. The van der Waals surface area contributed by atoms with E-state index in [0.717, 1.165) is 0 Å². The van der Waals surface area contributed by atoms with E-state index in [-0.39, 0.29) is 5.41 Å². The fraction of sp³-hybridized carbons (Fsp3) is 0.297. The average molecular weight is 515 g/mol. The van der Waals surface area contributed by atoms with Crippen LogP contribution in [0.1, 0.15) is 86.2 Å². The Morgan fingerprint density at radius 2 is 1.03 bits per heavy atom. The van der Waals surface area contributed by atoms with E-state index >= 15 is 0 Å². The number of allylic oxidation sites excluding steroid dienone is 3. The van der Waals surface area contributed by atoms with Gasteiger partial charge in [-0.25, -0.2) is 0 Å². The smallest absolute Gasteiger partial charge is 0.0668 e. The Kier molecular flexibility index (Phi) is 5.64.